The van der Waals surface area contributed by atoms with Crippen LogP contribution in [-0.2, 0) is 14.3 Å². The Morgan fingerprint density at radius 2 is 1.83 bits per heavy atom. The Kier molecular flexibility index (Phi) is 4.13. The van der Waals surface area contributed by atoms with Crippen LogP contribution in [0.3, 0.4) is 0 Å². The van der Waals surface area contributed by atoms with Crippen molar-refractivity contribution >= 4 is 16.1 Å². The molecule has 7 heteroatoms. The highest BCUT2D eigenvalue weighted by Gasteiger charge is 2.24. The van der Waals surface area contributed by atoms with E-state index in [2.05, 4.69) is 15.3 Å². The standard InChI is InChI=1S/C11H17N3O3S/c1-18(15,16)17-10-5-3-9(4-6-10)14-11-12-7-2-8-13-11/h2,7-10H,3-6H2,1H3,(H,12,13,14). The summed E-state index contributed by atoms with van der Waals surface area (Å²) >= 11 is 0. The lowest BCUT2D eigenvalue weighted by Gasteiger charge is -2.28. The molecule has 100 valence electrons. The fourth-order valence-corrected chi connectivity index (χ4v) is 2.79. The van der Waals surface area contributed by atoms with E-state index < -0.39 is 10.1 Å². The minimum Gasteiger partial charge on any atom is -0.351 e. The van der Waals surface area contributed by atoms with Gasteiger partial charge in [-0.1, -0.05) is 0 Å². The first-order chi connectivity index (χ1) is 8.53. The molecule has 0 radical (unpaired) electrons. The molecule has 1 heterocycles. The van der Waals surface area contributed by atoms with E-state index in [9.17, 15) is 8.42 Å². The van der Waals surface area contributed by atoms with Crippen LogP contribution in [0.1, 0.15) is 25.7 Å². The fourth-order valence-electron chi connectivity index (χ4n) is 2.11. The number of hydrogen-bond donors (Lipinski definition) is 1. The SMILES string of the molecule is CS(=O)(=O)OC1CCC(Nc2ncccn2)CC1. The average molecular weight is 271 g/mol. The van der Waals surface area contributed by atoms with Crippen molar-refractivity contribution in [2.45, 2.75) is 37.8 Å². The molecule has 1 aromatic rings. The highest BCUT2D eigenvalue weighted by Crippen LogP contribution is 2.24. The van der Waals surface area contributed by atoms with E-state index in [1.165, 1.54) is 0 Å². The van der Waals surface area contributed by atoms with Crippen LogP contribution in [0.25, 0.3) is 0 Å². The molecule has 1 N–H and O–H groups in total. The Hall–Kier alpha value is -1.21. The molecule has 1 aromatic heterocycles. The van der Waals surface area contributed by atoms with Crippen molar-refractivity contribution in [2.24, 2.45) is 0 Å². The number of nitrogens with one attached hydrogen (secondary N) is 1. The molecule has 0 atom stereocenters. The summed E-state index contributed by atoms with van der Waals surface area (Å²) in [6.45, 7) is 0. The predicted molar refractivity (Wildman–Crippen MR) is 67.6 cm³/mol. The molecule has 0 spiro atoms. The van der Waals surface area contributed by atoms with E-state index in [4.69, 9.17) is 4.18 Å². The maximum absolute atomic E-state index is 11.0. The molecule has 6 nitrogen and oxygen atoms in total. The van der Waals surface area contributed by atoms with Crippen LogP contribution in [0, 0.1) is 0 Å². The summed E-state index contributed by atoms with van der Waals surface area (Å²) in [5.41, 5.74) is 0. The van der Waals surface area contributed by atoms with E-state index in [-0.39, 0.29) is 12.1 Å². The predicted octanol–water partition coefficient (Wildman–Crippen LogP) is 1.18. The molecular weight excluding hydrogens is 254 g/mol. The molecule has 1 aliphatic carbocycles. The highest BCUT2D eigenvalue weighted by atomic mass is 32.2. The zero-order chi connectivity index (χ0) is 13.0. The van der Waals surface area contributed by atoms with Gasteiger partial charge in [-0.3, -0.25) is 4.18 Å². The molecule has 1 fully saturated rings. The third kappa shape index (κ3) is 4.23. The molecule has 0 amide bonds. The molecular formula is C11H17N3O3S. The molecule has 1 aliphatic rings. The van der Waals surface area contributed by atoms with Crippen LogP contribution in [0.15, 0.2) is 18.5 Å². The van der Waals surface area contributed by atoms with Crippen LogP contribution in [0.5, 0.6) is 0 Å². The third-order valence-electron chi connectivity index (χ3n) is 2.88. The molecule has 2 rings (SSSR count). The molecule has 0 saturated heterocycles. The summed E-state index contributed by atoms with van der Waals surface area (Å²) in [7, 11) is -3.35. The first-order valence-electron chi connectivity index (χ1n) is 5.95. The van der Waals surface area contributed by atoms with E-state index in [0.29, 0.717) is 5.95 Å². The Bertz CT molecular complexity index is 470. The van der Waals surface area contributed by atoms with Gasteiger partial charge in [-0.15, -0.1) is 0 Å². The zero-order valence-corrected chi connectivity index (χ0v) is 11.1. The van der Waals surface area contributed by atoms with Crippen LogP contribution < -0.4 is 5.32 Å². The Morgan fingerprint density at radius 1 is 1.22 bits per heavy atom. The summed E-state index contributed by atoms with van der Waals surface area (Å²) in [6.07, 6.45) is 7.47. The first kappa shape index (κ1) is 13.2. The maximum atomic E-state index is 11.0. The van der Waals surface area contributed by atoms with E-state index in [0.717, 1.165) is 31.9 Å². The van der Waals surface area contributed by atoms with Gasteiger partial charge < -0.3 is 5.32 Å². The second-order valence-electron chi connectivity index (χ2n) is 4.49. The van der Waals surface area contributed by atoms with Gasteiger partial charge in [0.1, 0.15) is 0 Å². The Balaban J connectivity index is 1.80. The molecule has 0 unspecified atom stereocenters. The van der Waals surface area contributed by atoms with Gasteiger partial charge in [-0.25, -0.2) is 9.97 Å². The average Bonchev–Trinajstić information content (AvgIpc) is 2.31. The van der Waals surface area contributed by atoms with Crippen LogP contribution >= 0.6 is 0 Å². The maximum Gasteiger partial charge on any atom is 0.264 e. The van der Waals surface area contributed by atoms with Gasteiger partial charge in [0.15, 0.2) is 0 Å². The summed E-state index contributed by atoms with van der Waals surface area (Å²) in [6, 6.07) is 2.05. The number of anilines is 1. The van der Waals surface area contributed by atoms with Crippen molar-refractivity contribution in [1.82, 2.24) is 9.97 Å². The van der Waals surface area contributed by atoms with Gasteiger partial charge in [0, 0.05) is 18.4 Å². The summed E-state index contributed by atoms with van der Waals surface area (Å²) in [5, 5.41) is 3.24. The molecule has 0 aromatic carbocycles. The van der Waals surface area contributed by atoms with Crippen LogP contribution in [-0.4, -0.2) is 36.8 Å². The molecule has 0 aliphatic heterocycles. The number of rotatable bonds is 4. The molecule has 18 heavy (non-hydrogen) atoms. The first-order valence-corrected chi connectivity index (χ1v) is 7.76. The molecule has 0 bridgehead atoms. The lowest BCUT2D eigenvalue weighted by molar-refractivity contribution is 0.158. The lowest BCUT2D eigenvalue weighted by Crippen LogP contribution is -2.31. The van der Waals surface area contributed by atoms with Gasteiger partial charge in [0.2, 0.25) is 5.95 Å². The van der Waals surface area contributed by atoms with Gasteiger partial charge >= 0.3 is 0 Å². The largest absolute Gasteiger partial charge is 0.351 e. The quantitative estimate of drug-likeness (QED) is 0.828. The van der Waals surface area contributed by atoms with Crippen molar-refractivity contribution in [3.05, 3.63) is 18.5 Å². The van der Waals surface area contributed by atoms with E-state index >= 15 is 0 Å². The second-order valence-corrected chi connectivity index (χ2v) is 6.09. The zero-order valence-electron chi connectivity index (χ0n) is 10.2. The van der Waals surface area contributed by atoms with Crippen molar-refractivity contribution in [3.8, 4) is 0 Å². The van der Waals surface area contributed by atoms with E-state index in [1.807, 2.05) is 0 Å². The summed E-state index contributed by atoms with van der Waals surface area (Å²) in [5.74, 6) is 0.616. The lowest BCUT2D eigenvalue weighted by atomic mass is 9.93. The highest BCUT2D eigenvalue weighted by molar-refractivity contribution is 7.86. The Labute approximate surface area is 107 Å². The minimum atomic E-state index is -3.35. The monoisotopic (exact) mass is 271 g/mol. The number of hydrogen-bond acceptors (Lipinski definition) is 6. The minimum absolute atomic E-state index is 0.185. The van der Waals surface area contributed by atoms with Gasteiger partial charge in [0.25, 0.3) is 10.1 Å². The van der Waals surface area contributed by atoms with Crippen molar-refractivity contribution in [1.29, 1.82) is 0 Å². The Morgan fingerprint density at radius 3 is 2.39 bits per heavy atom. The van der Waals surface area contributed by atoms with E-state index in [1.54, 1.807) is 18.5 Å². The summed E-state index contributed by atoms with van der Waals surface area (Å²) < 4.78 is 27.0. The summed E-state index contributed by atoms with van der Waals surface area (Å²) in [4.78, 5) is 8.20. The van der Waals surface area contributed by atoms with Crippen molar-refractivity contribution in [2.75, 3.05) is 11.6 Å². The third-order valence-corrected chi connectivity index (χ3v) is 3.51. The normalized spacial score (nSPS) is 24.7. The van der Waals surface area contributed by atoms with Gasteiger partial charge in [-0.05, 0) is 31.7 Å². The van der Waals surface area contributed by atoms with Crippen LogP contribution in [0.2, 0.25) is 0 Å². The fraction of sp³-hybridized carbons (Fsp3) is 0.636. The number of aromatic nitrogens is 2. The smallest absolute Gasteiger partial charge is 0.264 e. The molecule has 1 saturated carbocycles. The van der Waals surface area contributed by atoms with Gasteiger partial charge in [-0.2, -0.15) is 8.42 Å². The van der Waals surface area contributed by atoms with Crippen molar-refractivity contribution < 1.29 is 12.6 Å². The second kappa shape index (κ2) is 5.62. The topological polar surface area (TPSA) is 81.2 Å². The van der Waals surface area contributed by atoms with Crippen molar-refractivity contribution in [3.63, 3.8) is 0 Å². The van der Waals surface area contributed by atoms with Crippen LogP contribution in [0.4, 0.5) is 5.95 Å². The number of nitrogens with zero attached hydrogens (tertiary/aromatic N) is 2. The van der Waals surface area contributed by atoms with Gasteiger partial charge in [0.05, 0.1) is 12.4 Å².